The highest BCUT2D eigenvalue weighted by Crippen LogP contribution is 2.46. The molecule has 0 spiro atoms. The lowest BCUT2D eigenvalue weighted by Crippen LogP contribution is -2.34. The molecule has 1 N–H and O–H groups in total. The third kappa shape index (κ3) is 3.64. The second-order valence-electron chi connectivity index (χ2n) is 9.34. The minimum atomic E-state index is -0.857. The molecule has 3 aromatic carbocycles. The molecule has 0 radical (unpaired) electrons. The van der Waals surface area contributed by atoms with E-state index in [0.29, 0.717) is 0 Å². The van der Waals surface area contributed by atoms with Crippen LogP contribution in [0.25, 0.3) is 21.8 Å². The van der Waals surface area contributed by atoms with E-state index in [1.54, 1.807) is 29.4 Å². The van der Waals surface area contributed by atoms with Crippen LogP contribution in [-0.4, -0.2) is 26.5 Å². The second kappa shape index (κ2) is 9.03. The topological polar surface area (TPSA) is 64.2 Å². The van der Waals surface area contributed by atoms with E-state index >= 15 is 0 Å². The average Bonchev–Trinajstić information content (AvgIpc) is 3.21. The van der Waals surface area contributed by atoms with Crippen molar-refractivity contribution in [2.45, 2.75) is 30.7 Å². The molecule has 2 aromatic heterocycles. The number of nitrogens with zero attached hydrogens (tertiary/aromatic N) is 2. The van der Waals surface area contributed by atoms with Gasteiger partial charge in [0.1, 0.15) is 0 Å². The Morgan fingerprint density at radius 3 is 2.36 bits per heavy atom. The van der Waals surface area contributed by atoms with Crippen molar-refractivity contribution in [1.82, 2.24) is 9.13 Å². The number of aromatic nitrogens is 2. The standard InChI is InChI=1S/C30H28N2O3S/c1-19-16-20(17-26(34)35)29(36-4)28-27(19)23-12-8-9-13-24(23)32(28)30(2,21-10-6-5-7-11-21)22-14-15-31(3)25(33)18-22/h5-16,18H,17H2,1-4H3,(H,34,35). The third-order valence-electron chi connectivity index (χ3n) is 7.16. The summed E-state index contributed by atoms with van der Waals surface area (Å²) < 4.78 is 3.88. The summed E-state index contributed by atoms with van der Waals surface area (Å²) in [5.74, 6) is -0.857. The number of thioether (sulfide) groups is 1. The molecule has 5 aromatic rings. The Kier molecular flexibility index (Phi) is 6.00. The van der Waals surface area contributed by atoms with E-state index in [4.69, 9.17) is 0 Å². The van der Waals surface area contributed by atoms with Crippen LogP contribution in [0.15, 0.2) is 88.7 Å². The maximum atomic E-state index is 12.9. The van der Waals surface area contributed by atoms with Gasteiger partial charge in [-0.3, -0.25) is 9.59 Å². The molecule has 0 bridgehead atoms. The Morgan fingerprint density at radius 2 is 1.69 bits per heavy atom. The molecule has 36 heavy (non-hydrogen) atoms. The van der Waals surface area contributed by atoms with Crippen LogP contribution in [0.2, 0.25) is 0 Å². The first kappa shape index (κ1) is 23.9. The molecule has 0 saturated carbocycles. The minimum Gasteiger partial charge on any atom is -0.481 e. The summed E-state index contributed by atoms with van der Waals surface area (Å²) in [5.41, 5.74) is 4.94. The number of carbonyl (C=O) groups is 1. The smallest absolute Gasteiger partial charge is 0.307 e. The summed E-state index contributed by atoms with van der Waals surface area (Å²) in [6, 6.07) is 24.2. The zero-order chi connectivity index (χ0) is 25.6. The fourth-order valence-electron chi connectivity index (χ4n) is 5.43. The fourth-order valence-corrected chi connectivity index (χ4v) is 6.21. The number of carboxylic acids is 1. The van der Waals surface area contributed by atoms with Crippen LogP contribution in [-0.2, 0) is 23.8 Å². The van der Waals surface area contributed by atoms with Gasteiger partial charge in [0.25, 0.3) is 5.56 Å². The maximum Gasteiger partial charge on any atom is 0.307 e. The lowest BCUT2D eigenvalue weighted by Gasteiger charge is -2.35. The van der Waals surface area contributed by atoms with Crippen LogP contribution in [0.3, 0.4) is 0 Å². The van der Waals surface area contributed by atoms with Crippen molar-refractivity contribution in [1.29, 1.82) is 0 Å². The summed E-state index contributed by atoms with van der Waals surface area (Å²) >= 11 is 1.57. The summed E-state index contributed by atoms with van der Waals surface area (Å²) in [6.45, 7) is 4.19. The highest BCUT2D eigenvalue weighted by molar-refractivity contribution is 7.98. The Balaban J connectivity index is 2.04. The van der Waals surface area contributed by atoms with Crippen molar-refractivity contribution >= 4 is 39.5 Å². The van der Waals surface area contributed by atoms with Gasteiger partial charge >= 0.3 is 5.97 Å². The van der Waals surface area contributed by atoms with Crippen molar-refractivity contribution in [3.8, 4) is 0 Å². The Morgan fingerprint density at radius 1 is 1.00 bits per heavy atom. The molecule has 0 saturated heterocycles. The van der Waals surface area contributed by atoms with Gasteiger partial charge < -0.3 is 14.2 Å². The van der Waals surface area contributed by atoms with Crippen molar-refractivity contribution in [3.63, 3.8) is 0 Å². The number of aryl methyl sites for hydroxylation is 2. The van der Waals surface area contributed by atoms with E-state index in [0.717, 1.165) is 49.0 Å². The van der Waals surface area contributed by atoms with E-state index in [2.05, 4.69) is 35.8 Å². The van der Waals surface area contributed by atoms with Crippen LogP contribution < -0.4 is 5.56 Å². The van der Waals surface area contributed by atoms with Gasteiger partial charge in [0, 0.05) is 35.0 Å². The molecule has 6 heteroatoms. The van der Waals surface area contributed by atoms with E-state index in [1.165, 1.54) is 0 Å². The average molecular weight is 497 g/mol. The molecule has 5 nitrogen and oxygen atoms in total. The van der Waals surface area contributed by atoms with Crippen LogP contribution in [0, 0.1) is 6.92 Å². The van der Waals surface area contributed by atoms with Crippen molar-refractivity contribution in [2.24, 2.45) is 7.05 Å². The summed E-state index contributed by atoms with van der Waals surface area (Å²) in [5, 5.41) is 11.9. The van der Waals surface area contributed by atoms with Crippen molar-refractivity contribution < 1.29 is 9.90 Å². The molecule has 0 aliphatic carbocycles. The molecule has 0 amide bonds. The van der Waals surface area contributed by atoms with Crippen LogP contribution >= 0.6 is 11.8 Å². The highest BCUT2D eigenvalue weighted by atomic mass is 32.2. The summed E-state index contributed by atoms with van der Waals surface area (Å²) in [6.07, 6.45) is 3.75. The molecular weight excluding hydrogens is 468 g/mol. The van der Waals surface area contributed by atoms with Crippen LogP contribution in [0.1, 0.15) is 29.2 Å². The third-order valence-corrected chi connectivity index (χ3v) is 8.03. The van der Waals surface area contributed by atoms with Crippen molar-refractivity contribution in [2.75, 3.05) is 6.26 Å². The number of carboxylic acid groups (broad SMARTS) is 1. The summed E-state index contributed by atoms with van der Waals surface area (Å²) in [7, 11) is 1.75. The SMILES string of the molecule is CSc1c(CC(=O)O)cc(C)c2c3ccccc3n(C(C)(c3ccccc3)c3ccn(C)c(=O)c3)c12. The minimum absolute atomic E-state index is 0.0532. The molecule has 182 valence electrons. The lowest BCUT2D eigenvalue weighted by molar-refractivity contribution is -0.136. The normalized spacial score (nSPS) is 13.2. The van der Waals surface area contributed by atoms with Gasteiger partial charge in [-0.15, -0.1) is 11.8 Å². The van der Waals surface area contributed by atoms with E-state index in [-0.39, 0.29) is 12.0 Å². The zero-order valence-electron chi connectivity index (χ0n) is 20.8. The van der Waals surface area contributed by atoms with E-state index in [9.17, 15) is 14.7 Å². The predicted molar refractivity (Wildman–Crippen MR) is 147 cm³/mol. The van der Waals surface area contributed by atoms with Gasteiger partial charge in [-0.1, -0.05) is 54.6 Å². The number of rotatable bonds is 6. The Bertz CT molecular complexity index is 1680. The van der Waals surface area contributed by atoms with E-state index < -0.39 is 11.5 Å². The largest absolute Gasteiger partial charge is 0.481 e. The number of pyridine rings is 1. The van der Waals surface area contributed by atoms with E-state index in [1.807, 2.05) is 61.8 Å². The summed E-state index contributed by atoms with van der Waals surface area (Å²) in [4.78, 5) is 25.6. The molecule has 1 unspecified atom stereocenters. The highest BCUT2D eigenvalue weighted by Gasteiger charge is 2.36. The zero-order valence-corrected chi connectivity index (χ0v) is 21.6. The second-order valence-corrected chi connectivity index (χ2v) is 10.2. The molecule has 5 rings (SSSR count). The first-order valence-corrected chi connectivity index (χ1v) is 13.0. The lowest BCUT2D eigenvalue weighted by atomic mass is 9.84. The predicted octanol–water partition coefficient (Wildman–Crippen LogP) is 5.96. The molecule has 2 heterocycles. The first-order chi connectivity index (χ1) is 17.3. The van der Waals surface area contributed by atoms with Crippen LogP contribution in [0.4, 0.5) is 0 Å². The molecule has 0 aliphatic heterocycles. The number of hydrogen-bond acceptors (Lipinski definition) is 3. The first-order valence-electron chi connectivity index (χ1n) is 11.8. The van der Waals surface area contributed by atoms with Gasteiger partial charge in [-0.25, -0.2) is 0 Å². The Hall–Kier alpha value is -3.77. The monoisotopic (exact) mass is 496 g/mol. The van der Waals surface area contributed by atoms with Crippen LogP contribution in [0.5, 0.6) is 0 Å². The number of aliphatic carboxylic acids is 1. The molecule has 0 aliphatic rings. The fraction of sp³-hybridized carbons (Fsp3) is 0.200. The Labute approximate surface area is 214 Å². The molecule has 1 atom stereocenters. The van der Waals surface area contributed by atoms with Gasteiger partial charge in [0.15, 0.2) is 0 Å². The number of hydrogen-bond donors (Lipinski definition) is 1. The molecule has 0 fully saturated rings. The maximum absolute atomic E-state index is 12.9. The van der Waals surface area contributed by atoms with Gasteiger partial charge in [0.05, 0.1) is 23.0 Å². The van der Waals surface area contributed by atoms with Crippen molar-refractivity contribution in [3.05, 3.63) is 112 Å². The van der Waals surface area contributed by atoms with Gasteiger partial charge in [-0.2, -0.15) is 0 Å². The number of benzene rings is 3. The van der Waals surface area contributed by atoms with Gasteiger partial charge in [-0.05, 0) is 54.5 Å². The quantitative estimate of drug-likeness (QED) is 0.295. The van der Waals surface area contributed by atoms with Gasteiger partial charge in [0.2, 0.25) is 0 Å². The number of fused-ring (bicyclic) bond motifs is 3. The number of para-hydroxylation sites is 1. The molecular formula is C30H28N2O3S.